The van der Waals surface area contributed by atoms with Crippen LogP contribution < -0.4 is 48.4 Å². The maximum absolute atomic E-state index is 13.7. The van der Waals surface area contributed by atoms with Crippen molar-refractivity contribution in [3.05, 3.63) is 10.4 Å². The van der Waals surface area contributed by atoms with Gasteiger partial charge in [-0.1, -0.05) is 43.6 Å². The Kier molecular flexibility index (Phi) is 43.1. The SMILES string of the molecule is CC(=O)NC1C(OC(C)=O)[C@@H](OC(C)=O)C(COC(C)=O)O[C@H]1ONCCCNC(=O)CCOCC(COCCC(=O)NCCCN)(COCCC(=O)NCCCNCO)NC(=O)CCCCCCCCCCC(=O)NCCCN=[N+]=[N-]. The average molecular weight is 1180 g/mol. The number of nitrogens with two attached hydrogens (primary N) is 1. The van der Waals surface area contributed by atoms with Gasteiger partial charge in [-0.3, -0.25) is 53.3 Å². The topological polar surface area (TPSA) is 419 Å². The summed E-state index contributed by atoms with van der Waals surface area (Å²) in [5, 5.41) is 32.0. The molecule has 11 N–H and O–H groups in total. The van der Waals surface area contributed by atoms with Crippen LogP contribution in [-0.4, -0.2) is 200 Å². The maximum Gasteiger partial charge on any atom is 0.303 e. The van der Waals surface area contributed by atoms with Crippen LogP contribution >= 0.6 is 0 Å². The van der Waals surface area contributed by atoms with Crippen molar-refractivity contribution in [3.8, 4) is 0 Å². The normalized spacial score (nSPS) is 17.2. The number of nitrogens with zero attached hydrogens (tertiary/aromatic N) is 3. The van der Waals surface area contributed by atoms with Gasteiger partial charge in [0.1, 0.15) is 24.3 Å². The summed E-state index contributed by atoms with van der Waals surface area (Å²) < 4.78 is 40.0. The van der Waals surface area contributed by atoms with Crippen LogP contribution in [0.25, 0.3) is 10.4 Å². The number of amides is 6. The second kappa shape index (κ2) is 47.6. The highest BCUT2D eigenvalue weighted by molar-refractivity contribution is 5.78. The standard InChI is InChI=1S/C52H94N12O18/c1-38(66)62-48-50(80-41(4)69)49(79-40(3)68)42(33-78-39(2)67)81-51(48)82-61-29-16-27-59-46(73)21-32-77-36-52(34-75-30-19-44(71)56-24-13-22-53,35-76-31-20-45(72)58-25-14-23-55-37-65)63-47(74)18-12-10-8-6-5-7-9-11-17-43(70)57-26-15-28-60-64-54/h42,48-51,55,61,65H,5-37,53H2,1-4H3,(H,56,71)(H,57,70)(H,58,72)(H,59,73)(H,62,66)(H,63,74)/t42?,48?,49-,50?,51-,52?/m0/s1. The zero-order chi connectivity index (χ0) is 60.6. The highest BCUT2D eigenvalue weighted by atomic mass is 16.8. The molecule has 1 fully saturated rings. The van der Waals surface area contributed by atoms with Gasteiger partial charge < -0.3 is 75.9 Å². The predicted molar refractivity (Wildman–Crippen MR) is 295 cm³/mol. The van der Waals surface area contributed by atoms with E-state index < -0.39 is 66.6 Å². The Morgan fingerprint density at radius 2 is 1.06 bits per heavy atom. The third kappa shape index (κ3) is 38.8. The van der Waals surface area contributed by atoms with Crippen molar-refractivity contribution in [1.82, 2.24) is 42.7 Å². The lowest BCUT2D eigenvalue weighted by atomic mass is 9.96. The fraction of sp³-hybridized carbons (Fsp3) is 0.827. The Morgan fingerprint density at radius 1 is 0.585 bits per heavy atom. The number of carbonyl (C=O) groups excluding carboxylic acids is 9. The molecule has 1 saturated heterocycles. The van der Waals surface area contributed by atoms with Gasteiger partial charge in [0, 0.05) is 104 Å². The Bertz CT molecular complexity index is 1920. The summed E-state index contributed by atoms with van der Waals surface area (Å²) in [4.78, 5) is 120. The molecule has 0 bridgehead atoms. The maximum atomic E-state index is 13.7. The van der Waals surface area contributed by atoms with Gasteiger partial charge in [0.2, 0.25) is 41.7 Å². The lowest BCUT2D eigenvalue weighted by Crippen LogP contribution is -2.67. The van der Waals surface area contributed by atoms with Gasteiger partial charge in [-0.2, -0.15) is 5.48 Å². The van der Waals surface area contributed by atoms with Crippen molar-refractivity contribution in [3.63, 3.8) is 0 Å². The van der Waals surface area contributed by atoms with Crippen molar-refractivity contribution in [1.29, 1.82) is 0 Å². The van der Waals surface area contributed by atoms with E-state index in [1.54, 1.807) is 0 Å². The molecule has 82 heavy (non-hydrogen) atoms. The first kappa shape index (κ1) is 74.2. The minimum absolute atomic E-state index is 0.000775. The van der Waals surface area contributed by atoms with Crippen molar-refractivity contribution < 1.29 is 86.3 Å². The number of hydroxylamine groups is 1. The first-order chi connectivity index (χ1) is 39.4. The molecule has 30 nitrogen and oxygen atoms in total. The smallest absolute Gasteiger partial charge is 0.303 e. The predicted octanol–water partition coefficient (Wildman–Crippen LogP) is -0.0266. The number of hydrogen-bond donors (Lipinski definition) is 10. The molecule has 0 aromatic heterocycles. The second-order valence-corrected chi connectivity index (χ2v) is 19.5. The first-order valence-electron chi connectivity index (χ1n) is 28.4. The van der Waals surface area contributed by atoms with Crippen molar-refractivity contribution in [2.45, 2.75) is 173 Å². The molecule has 6 amide bonds. The largest absolute Gasteiger partial charge is 0.463 e. The van der Waals surface area contributed by atoms with Crippen LogP contribution in [0.3, 0.4) is 0 Å². The highest BCUT2D eigenvalue weighted by Gasteiger charge is 2.51. The van der Waals surface area contributed by atoms with Gasteiger partial charge in [-0.25, -0.2) is 0 Å². The Balaban J connectivity index is 2.95. The molecule has 0 aliphatic carbocycles. The van der Waals surface area contributed by atoms with Crippen LogP contribution in [0.4, 0.5) is 0 Å². The van der Waals surface area contributed by atoms with Crippen LogP contribution in [0.5, 0.6) is 0 Å². The lowest BCUT2D eigenvalue weighted by molar-refractivity contribution is -0.292. The number of esters is 3. The van der Waals surface area contributed by atoms with Crippen LogP contribution in [0, 0.1) is 0 Å². The minimum Gasteiger partial charge on any atom is -0.463 e. The highest BCUT2D eigenvalue weighted by Crippen LogP contribution is 2.28. The summed E-state index contributed by atoms with van der Waals surface area (Å²) in [6.45, 7) is 6.37. The van der Waals surface area contributed by atoms with Crippen molar-refractivity contribution in [2.75, 3.05) is 105 Å². The Morgan fingerprint density at radius 3 is 1.55 bits per heavy atom. The van der Waals surface area contributed by atoms with Gasteiger partial charge >= 0.3 is 17.9 Å². The van der Waals surface area contributed by atoms with Crippen molar-refractivity contribution in [2.24, 2.45) is 10.8 Å². The molecular formula is C52H94N12O18. The third-order valence-electron chi connectivity index (χ3n) is 12.1. The molecule has 0 spiro atoms. The monoisotopic (exact) mass is 1170 g/mol. The molecule has 1 aliphatic rings. The molecule has 1 aliphatic heterocycles. The molecule has 470 valence electrons. The number of aliphatic hydroxyl groups is 1. The molecule has 0 aromatic rings. The van der Waals surface area contributed by atoms with E-state index in [-0.39, 0.29) is 115 Å². The van der Waals surface area contributed by atoms with Gasteiger partial charge in [0.05, 0.1) is 46.4 Å². The Labute approximate surface area is 480 Å². The Hall–Kier alpha value is -5.82. The number of aliphatic hydroxyl groups excluding tert-OH is 1. The summed E-state index contributed by atoms with van der Waals surface area (Å²) in [5.74, 6) is -3.91. The molecular weight excluding hydrogens is 1080 g/mol. The molecule has 0 radical (unpaired) electrons. The number of unbranched alkanes of at least 4 members (excludes halogenated alkanes) is 7. The number of nitrogens with one attached hydrogen (secondary N) is 8. The number of azide groups is 1. The van der Waals surface area contributed by atoms with Crippen molar-refractivity contribution >= 4 is 53.4 Å². The summed E-state index contributed by atoms with van der Waals surface area (Å²) >= 11 is 0. The number of ether oxygens (including phenoxy) is 7. The summed E-state index contributed by atoms with van der Waals surface area (Å²) in [5.41, 5.74) is 15.3. The van der Waals surface area contributed by atoms with E-state index in [0.29, 0.717) is 77.8 Å². The van der Waals surface area contributed by atoms with E-state index in [4.69, 9.17) is 54.4 Å². The van der Waals surface area contributed by atoms with E-state index in [0.717, 1.165) is 65.7 Å². The molecule has 30 heteroatoms. The van der Waals surface area contributed by atoms with E-state index in [1.807, 2.05) is 0 Å². The molecule has 1 rings (SSSR count). The number of carbonyl (C=O) groups is 9. The molecule has 0 aromatic carbocycles. The van der Waals surface area contributed by atoms with E-state index >= 15 is 0 Å². The molecule has 0 saturated carbocycles. The van der Waals surface area contributed by atoms with E-state index in [2.05, 4.69) is 52.7 Å². The van der Waals surface area contributed by atoms with Gasteiger partial charge in [0.25, 0.3) is 0 Å². The van der Waals surface area contributed by atoms with Crippen LogP contribution in [0.2, 0.25) is 0 Å². The quantitative estimate of drug-likeness (QED) is 0.00559. The average Bonchev–Trinajstić information content (AvgIpc) is 3.63. The van der Waals surface area contributed by atoms with Crippen LogP contribution in [0.15, 0.2) is 5.11 Å². The zero-order valence-electron chi connectivity index (χ0n) is 48.5. The summed E-state index contributed by atoms with van der Waals surface area (Å²) in [6, 6.07) is -1.19. The van der Waals surface area contributed by atoms with Gasteiger partial charge in [-0.05, 0) is 57.1 Å². The van der Waals surface area contributed by atoms with Crippen LogP contribution in [-0.2, 0) is 81.1 Å². The van der Waals surface area contributed by atoms with E-state index in [1.165, 1.54) is 6.92 Å². The zero-order valence-corrected chi connectivity index (χ0v) is 48.5. The fourth-order valence-electron chi connectivity index (χ4n) is 8.07. The molecule has 4 unspecified atom stereocenters. The lowest BCUT2D eigenvalue weighted by Gasteiger charge is -2.44. The fourth-order valence-corrected chi connectivity index (χ4v) is 8.07. The van der Waals surface area contributed by atoms with E-state index in [9.17, 15) is 43.2 Å². The van der Waals surface area contributed by atoms with Gasteiger partial charge in [0.15, 0.2) is 12.2 Å². The molecule has 1 heterocycles. The first-order valence-corrected chi connectivity index (χ1v) is 28.4. The van der Waals surface area contributed by atoms with Crippen LogP contribution in [0.1, 0.15) is 137 Å². The summed E-state index contributed by atoms with van der Waals surface area (Å²) in [7, 11) is 0. The minimum atomic E-state index is -1.34. The molecule has 6 atom stereocenters. The number of hydrogen-bond acceptors (Lipinski definition) is 22. The number of rotatable bonds is 50. The third-order valence-corrected chi connectivity index (χ3v) is 12.1. The second-order valence-electron chi connectivity index (χ2n) is 19.5. The summed E-state index contributed by atoms with van der Waals surface area (Å²) in [6.07, 6.45) is 4.56. The van der Waals surface area contributed by atoms with Gasteiger partial charge in [-0.15, -0.1) is 0 Å².